The van der Waals surface area contributed by atoms with E-state index in [0.717, 1.165) is 6.07 Å². The number of anilines is 1. The van der Waals surface area contributed by atoms with Crippen LogP contribution in [-0.4, -0.2) is 56.0 Å². The first-order chi connectivity index (χ1) is 11.7. The Morgan fingerprint density at radius 1 is 1.24 bits per heavy atom. The van der Waals surface area contributed by atoms with Crippen LogP contribution in [0.3, 0.4) is 0 Å². The van der Waals surface area contributed by atoms with Gasteiger partial charge in [0.05, 0.1) is 22.8 Å². The van der Waals surface area contributed by atoms with Crippen molar-refractivity contribution in [2.75, 3.05) is 31.1 Å². The molecule has 0 saturated carbocycles. The van der Waals surface area contributed by atoms with E-state index in [-0.39, 0.29) is 22.8 Å². The number of nitro benzene ring substituents is 1. The molecule has 2 atom stereocenters. The maximum Gasteiger partial charge on any atom is 0.270 e. The summed E-state index contributed by atoms with van der Waals surface area (Å²) in [6.07, 6.45) is -0.106. The number of nitro groups is 1. The van der Waals surface area contributed by atoms with Gasteiger partial charge in [-0.05, 0) is 19.9 Å². The molecule has 1 aromatic carbocycles. The molecule has 1 saturated heterocycles. The molecule has 25 heavy (non-hydrogen) atoms. The average molecular weight is 371 g/mol. The highest BCUT2D eigenvalue weighted by atomic mass is 32.2. The Kier molecular flexibility index (Phi) is 6.02. The number of morpholine rings is 1. The monoisotopic (exact) mass is 371 g/mol. The van der Waals surface area contributed by atoms with Crippen molar-refractivity contribution in [1.29, 1.82) is 0 Å². The minimum absolute atomic E-state index is 0.0216. The molecule has 0 unspecified atom stereocenters. The first kappa shape index (κ1) is 19.6. The van der Waals surface area contributed by atoms with Gasteiger partial charge in [-0.1, -0.05) is 13.8 Å². The largest absolute Gasteiger partial charge is 0.372 e. The average Bonchev–Trinajstić information content (AvgIpc) is 2.54. The Balaban J connectivity index is 2.58. The van der Waals surface area contributed by atoms with Gasteiger partial charge in [-0.2, -0.15) is 4.31 Å². The summed E-state index contributed by atoms with van der Waals surface area (Å²) >= 11 is 0. The molecule has 1 aliphatic rings. The summed E-state index contributed by atoms with van der Waals surface area (Å²) in [5.74, 6) is 0. The van der Waals surface area contributed by atoms with Crippen LogP contribution in [0.4, 0.5) is 11.4 Å². The molecule has 0 radical (unpaired) electrons. The van der Waals surface area contributed by atoms with Crippen molar-refractivity contribution >= 4 is 21.4 Å². The summed E-state index contributed by atoms with van der Waals surface area (Å²) in [6, 6.07) is 4.04. The van der Waals surface area contributed by atoms with Crippen LogP contribution in [-0.2, 0) is 14.8 Å². The fourth-order valence-electron chi connectivity index (χ4n) is 3.16. The summed E-state index contributed by atoms with van der Waals surface area (Å²) in [6.45, 7) is 9.01. The molecule has 1 aliphatic heterocycles. The van der Waals surface area contributed by atoms with E-state index in [9.17, 15) is 18.5 Å². The SMILES string of the molecule is CCN(CC)S(=O)(=O)c1cc([N+](=O)[O-])ccc1N1C[C@@H](C)O[C@H](C)C1. The third-order valence-electron chi connectivity index (χ3n) is 4.24. The third-order valence-corrected chi connectivity index (χ3v) is 6.32. The number of ether oxygens (including phenoxy) is 1. The van der Waals surface area contributed by atoms with Gasteiger partial charge >= 0.3 is 0 Å². The molecule has 0 spiro atoms. The lowest BCUT2D eigenvalue weighted by Crippen LogP contribution is -2.46. The van der Waals surface area contributed by atoms with Crippen LogP contribution >= 0.6 is 0 Å². The van der Waals surface area contributed by atoms with Gasteiger partial charge in [0.1, 0.15) is 4.90 Å². The van der Waals surface area contributed by atoms with Crippen molar-refractivity contribution in [3.63, 3.8) is 0 Å². The molecule has 1 aromatic rings. The highest BCUT2D eigenvalue weighted by molar-refractivity contribution is 7.89. The van der Waals surface area contributed by atoms with Crippen molar-refractivity contribution in [3.8, 4) is 0 Å². The van der Waals surface area contributed by atoms with E-state index in [4.69, 9.17) is 4.74 Å². The summed E-state index contributed by atoms with van der Waals surface area (Å²) in [7, 11) is -3.83. The van der Waals surface area contributed by atoms with Crippen LogP contribution in [0.2, 0.25) is 0 Å². The zero-order chi connectivity index (χ0) is 18.8. The fraction of sp³-hybridized carbons (Fsp3) is 0.625. The molecule has 0 aliphatic carbocycles. The highest BCUT2D eigenvalue weighted by Gasteiger charge is 2.31. The van der Waals surface area contributed by atoms with Gasteiger partial charge in [-0.3, -0.25) is 10.1 Å². The van der Waals surface area contributed by atoms with Crippen molar-refractivity contribution in [2.24, 2.45) is 0 Å². The molecule has 9 heteroatoms. The zero-order valence-electron chi connectivity index (χ0n) is 15.0. The highest BCUT2D eigenvalue weighted by Crippen LogP contribution is 2.33. The van der Waals surface area contributed by atoms with Gasteiger partial charge in [0.2, 0.25) is 10.0 Å². The second-order valence-electron chi connectivity index (χ2n) is 6.16. The summed E-state index contributed by atoms with van der Waals surface area (Å²) in [5, 5.41) is 11.1. The van der Waals surface area contributed by atoms with E-state index in [1.807, 2.05) is 18.7 Å². The number of nitrogens with zero attached hydrogens (tertiary/aromatic N) is 3. The minimum Gasteiger partial charge on any atom is -0.372 e. The second kappa shape index (κ2) is 7.67. The summed E-state index contributed by atoms with van der Waals surface area (Å²) in [4.78, 5) is 12.5. The van der Waals surface area contributed by atoms with Crippen LogP contribution in [0, 0.1) is 10.1 Å². The predicted octanol–water partition coefficient (Wildman–Crippen LogP) is 2.24. The number of non-ortho nitro benzene ring substituents is 1. The number of sulfonamides is 1. The topological polar surface area (TPSA) is 93.0 Å². The van der Waals surface area contributed by atoms with E-state index in [1.54, 1.807) is 13.8 Å². The van der Waals surface area contributed by atoms with Gasteiger partial charge in [0, 0.05) is 38.3 Å². The van der Waals surface area contributed by atoms with Gasteiger partial charge in [0.15, 0.2) is 0 Å². The molecule has 0 bridgehead atoms. The van der Waals surface area contributed by atoms with Crippen molar-refractivity contribution in [2.45, 2.75) is 44.8 Å². The lowest BCUT2D eigenvalue weighted by Gasteiger charge is -2.37. The number of rotatable bonds is 6. The van der Waals surface area contributed by atoms with Crippen LogP contribution in [0.1, 0.15) is 27.7 Å². The standard InChI is InChI=1S/C16H25N3O5S/c1-5-18(6-2)25(22,23)16-9-14(19(20)21)7-8-15(16)17-10-12(3)24-13(4)11-17/h7-9,12-13H,5-6,10-11H2,1-4H3/t12-,13-/m1/s1. The van der Waals surface area contributed by atoms with E-state index in [1.165, 1.54) is 16.4 Å². The zero-order valence-corrected chi connectivity index (χ0v) is 15.8. The van der Waals surface area contributed by atoms with Gasteiger partial charge < -0.3 is 9.64 Å². The van der Waals surface area contributed by atoms with Gasteiger partial charge in [-0.15, -0.1) is 0 Å². The molecule has 140 valence electrons. The summed E-state index contributed by atoms with van der Waals surface area (Å²) in [5.41, 5.74) is 0.253. The maximum absolute atomic E-state index is 13.0. The Bertz CT molecular complexity index is 723. The quantitative estimate of drug-likeness (QED) is 0.562. The predicted molar refractivity (Wildman–Crippen MR) is 95.4 cm³/mol. The lowest BCUT2D eigenvalue weighted by molar-refractivity contribution is -0.385. The molecule has 1 fully saturated rings. The van der Waals surface area contributed by atoms with Crippen LogP contribution in [0.5, 0.6) is 0 Å². The van der Waals surface area contributed by atoms with Gasteiger partial charge in [0.25, 0.3) is 5.69 Å². The second-order valence-corrected chi connectivity index (χ2v) is 8.07. The van der Waals surface area contributed by atoms with Gasteiger partial charge in [-0.25, -0.2) is 8.42 Å². The molecule has 2 rings (SSSR count). The van der Waals surface area contributed by atoms with E-state index >= 15 is 0 Å². The Morgan fingerprint density at radius 3 is 2.28 bits per heavy atom. The Hall–Kier alpha value is -1.71. The fourth-order valence-corrected chi connectivity index (χ4v) is 4.85. The lowest BCUT2D eigenvalue weighted by atomic mass is 10.2. The molecule has 1 heterocycles. The van der Waals surface area contributed by atoms with E-state index in [2.05, 4.69) is 0 Å². The first-order valence-electron chi connectivity index (χ1n) is 8.39. The van der Waals surface area contributed by atoms with E-state index in [0.29, 0.717) is 31.9 Å². The maximum atomic E-state index is 13.0. The van der Waals surface area contributed by atoms with Crippen LogP contribution in [0.25, 0.3) is 0 Å². The normalized spacial score (nSPS) is 21.6. The smallest absolute Gasteiger partial charge is 0.270 e. The molecular formula is C16H25N3O5S. The van der Waals surface area contributed by atoms with Crippen molar-refractivity contribution in [3.05, 3.63) is 28.3 Å². The Morgan fingerprint density at radius 2 is 1.80 bits per heavy atom. The molecule has 0 amide bonds. The number of hydrogen-bond acceptors (Lipinski definition) is 6. The molecule has 8 nitrogen and oxygen atoms in total. The third kappa shape index (κ3) is 4.10. The first-order valence-corrected chi connectivity index (χ1v) is 9.83. The molecular weight excluding hydrogens is 346 g/mol. The number of hydrogen-bond donors (Lipinski definition) is 0. The molecule has 0 aromatic heterocycles. The molecule has 0 N–H and O–H groups in total. The van der Waals surface area contributed by atoms with Crippen LogP contribution in [0.15, 0.2) is 23.1 Å². The van der Waals surface area contributed by atoms with Crippen molar-refractivity contribution in [1.82, 2.24) is 4.31 Å². The van der Waals surface area contributed by atoms with Crippen LogP contribution < -0.4 is 4.90 Å². The Labute approximate surface area is 148 Å². The summed E-state index contributed by atoms with van der Waals surface area (Å²) < 4.78 is 33.1. The number of benzene rings is 1. The van der Waals surface area contributed by atoms with Crippen molar-refractivity contribution < 1.29 is 18.1 Å². The minimum atomic E-state index is -3.83. The van der Waals surface area contributed by atoms with E-state index < -0.39 is 14.9 Å².